The molecule has 1 rings (SSSR count). The van der Waals surface area contributed by atoms with Crippen molar-refractivity contribution in [1.82, 2.24) is 5.32 Å². The zero-order valence-corrected chi connectivity index (χ0v) is 7.45. The van der Waals surface area contributed by atoms with Crippen LogP contribution in [0, 0.1) is 0 Å². The predicted octanol–water partition coefficient (Wildman–Crippen LogP) is 0.635. The van der Waals surface area contributed by atoms with Crippen molar-refractivity contribution in [3.8, 4) is 0 Å². The number of carbonyl (C=O) groups is 1. The van der Waals surface area contributed by atoms with Crippen molar-refractivity contribution in [2.75, 3.05) is 6.54 Å². The molecule has 0 aliphatic heterocycles. The molecule has 0 atom stereocenters. The van der Waals surface area contributed by atoms with Crippen molar-refractivity contribution >= 4 is 5.91 Å². The van der Waals surface area contributed by atoms with Crippen LogP contribution in [-0.4, -0.2) is 12.5 Å². The van der Waals surface area contributed by atoms with Crippen molar-refractivity contribution in [3.05, 3.63) is 24.2 Å². The number of hydrogen-bond acceptors (Lipinski definition) is 3. The number of nitrogens with two attached hydrogens (primary N) is 1. The zero-order valence-electron chi connectivity index (χ0n) is 7.45. The van der Waals surface area contributed by atoms with Crippen LogP contribution < -0.4 is 11.1 Å². The van der Waals surface area contributed by atoms with Gasteiger partial charge >= 0.3 is 0 Å². The normalized spacial score (nSPS) is 9.92. The summed E-state index contributed by atoms with van der Waals surface area (Å²) < 4.78 is 5.05. The highest BCUT2D eigenvalue weighted by atomic mass is 16.3. The monoisotopic (exact) mass is 182 g/mol. The third-order valence-corrected chi connectivity index (χ3v) is 1.65. The molecular weight excluding hydrogens is 168 g/mol. The molecule has 0 radical (unpaired) electrons. The van der Waals surface area contributed by atoms with Gasteiger partial charge in [0.25, 0.3) is 0 Å². The number of furan rings is 1. The van der Waals surface area contributed by atoms with Gasteiger partial charge in [-0.2, -0.15) is 0 Å². The summed E-state index contributed by atoms with van der Waals surface area (Å²) in [6.45, 7) is 1.00. The first kappa shape index (κ1) is 9.80. The lowest BCUT2D eigenvalue weighted by Gasteiger charge is -2.01. The lowest BCUT2D eigenvalue weighted by molar-refractivity contribution is -0.121. The van der Waals surface area contributed by atoms with Gasteiger partial charge < -0.3 is 15.5 Å². The molecule has 13 heavy (non-hydrogen) atoms. The fourth-order valence-electron chi connectivity index (χ4n) is 0.950. The lowest BCUT2D eigenvalue weighted by atomic mass is 10.3. The van der Waals surface area contributed by atoms with E-state index in [9.17, 15) is 4.79 Å². The maximum absolute atomic E-state index is 11.1. The Hall–Kier alpha value is -1.29. The van der Waals surface area contributed by atoms with Gasteiger partial charge in [-0.05, 0) is 25.1 Å². The third kappa shape index (κ3) is 3.75. The molecule has 1 heterocycles. The highest BCUT2D eigenvalue weighted by Gasteiger charge is 2.00. The van der Waals surface area contributed by atoms with E-state index in [-0.39, 0.29) is 5.91 Å². The van der Waals surface area contributed by atoms with E-state index < -0.39 is 0 Å². The molecule has 0 aromatic carbocycles. The van der Waals surface area contributed by atoms with Crippen LogP contribution in [0.25, 0.3) is 0 Å². The molecule has 0 saturated carbocycles. The van der Waals surface area contributed by atoms with Crippen molar-refractivity contribution in [1.29, 1.82) is 0 Å². The van der Waals surface area contributed by atoms with E-state index >= 15 is 0 Å². The Morgan fingerprint density at radius 1 is 1.62 bits per heavy atom. The second kappa shape index (κ2) is 5.37. The van der Waals surface area contributed by atoms with E-state index in [1.54, 1.807) is 12.3 Å². The van der Waals surface area contributed by atoms with Gasteiger partial charge in [0.2, 0.25) is 5.91 Å². The van der Waals surface area contributed by atoms with Gasteiger partial charge in [-0.3, -0.25) is 4.79 Å². The second-order valence-electron chi connectivity index (χ2n) is 2.75. The van der Waals surface area contributed by atoms with E-state index in [4.69, 9.17) is 10.2 Å². The van der Waals surface area contributed by atoms with Crippen LogP contribution in [0.2, 0.25) is 0 Å². The number of amides is 1. The van der Waals surface area contributed by atoms with Crippen LogP contribution in [0.4, 0.5) is 0 Å². The molecule has 72 valence electrons. The minimum atomic E-state index is 0.0156. The number of hydrogen-bond donors (Lipinski definition) is 2. The summed E-state index contributed by atoms with van der Waals surface area (Å²) in [6.07, 6.45) is 2.79. The van der Waals surface area contributed by atoms with Gasteiger partial charge in [0.15, 0.2) is 0 Å². The van der Waals surface area contributed by atoms with Gasteiger partial charge in [-0.15, -0.1) is 0 Å². The van der Waals surface area contributed by atoms with Crippen molar-refractivity contribution in [3.63, 3.8) is 0 Å². The van der Waals surface area contributed by atoms with E-state index in [1.807, 2.05) is 6.07 Å². The molecule has 3 N–H and O–H groups in total. The highest BCUT2D eigenvalue weighted by Crippen LogP contribution is 1.98. The molecule has 0 spiro atoms. The Morgan fingerprint density at radius 3 is 3.08 bits per heavy atom. The molecule has 1 aromatic rings. The average molecular weight is 182 g/mol. The summed E-state index contributed by atoms with van der Waals surface area (Å²) in [6, 6.07) is 3.62. The molecule has 0 aliphatic carbocycles. The molecule has 0 bridgehead atoms. The quantitative estimate of drug-likeness (QED) is 0.702. The molecule has 1 amide bonds. The van der Waals surface area contributed by atoms with E-state index in [2.05, 4.69) is 5.32 Å². The SMILES string of the molecule is NCCCC(=O)NCc1ccco1. The van der Waals surface area contributed by atoms with Crippen molar-refractivity contribution in [2.24, 2.45) is 5.73 Å². The van der Waals surface area contributed by atoms with Gasteiger partial charge in [0.1, 0.15) is 5.76 Å². The largest absolute Gasteiger partial charge is 0.467 e. The number of carbonyl (C=O) groups excluding carboxylic acids is 1. The zero-order chi connectivity index (χ0) is 9.52. The molecule has 1 aromatic heterocycles. The van der Waals surface area contributed by atoms with Crippen LogP contribution >= 0.6 is 0 Å². The molecule has 0 unspecified atom stereocenters. The molecule has 0 aliphatic rings. The first-order chi connectivity index (χ1) is 6.33. The van der Waals surface area contributed by atoms with Crippen LogP contribution in [-0.2, 0) is 11.3 Å². The first-order valence-corrected chi connectivity index (χ1v) is 4.32. The minimum Gasteiger partial charge on any atom is -0.467 e. The molecule has 0 fully saturated rings. The van der Waals surface area contributed by atoms with Crippen LogP contribution in [0.1, 0.15) is 18.6 Å². The first-order valence-electron chi connectivity index (χ1n) is 4.32. The van der Waals surface area contributed by atoms with Crippen LogP contribution in [0.15, 0.2) is 22.8 Å². The summed E-state index contributed by atoms with van der Waals surface area (Å²) in [5.41, 5.74) is 5.27. The standard InChI is InChI=1S/C9H14N2O2/c10-5-1-4-9(12)11-7-8-3-2-6-13-8/h2-3,6H,1,4-5,7,10H2,(H,11,12). The van der Waals surface area contributed by atoms with Crippen LogP contribution in [0.5, 0.6) is 0 Å². The van der Waals surface area contributed by atoms with E-state index in [1.165, 1.54) is 0 Å². The Balaban J connectivity index is 2.15. The summed E-state index contributed by atoms with van der Waals surface area (Å²) in [4.78, 5) is 11.1. The van der Waals surface area contributed by atoms with Gasteiger partial charge in [0.05, 0.1) is 12.8 Å². The van der Waals surface area contributed by atoms with Gasteiger partial charge in [-0.1, -0.05) is 0 Å². The van der Waals surface area contributed by atoms with Crippen LogP contribution in [0.3, 0.4) is 0 Å². The van der Waals surface area contributed by atoms with Gasteiger partial charge in [-0.25, -0.2) is 0 Å². The van der Waals surface area contributed by atoms with Crippen molar-refractivity contribution in [2.45, 2.75) is 19.4 Å². The Bertz CT molecular complexity index is 244. The Kier molecular flexibility index (Phi) is 4.05. The lowest BCUT2D eigenvalue weighted by Crippen LogP contribution is -2.22. The second-order valence-corrected chi connectivity index (χ2v) is 2.75. The molecule has 4 nitrogen and oxygen atoms in total. The Labute approximate surface area is 77.1 Å². The van der Waals surface area contributed by atoms with E-state index in [0.717, 1.165) is 12.2 Å². The topological polar surface area (TPSA) is 68.3 Å². The number of rotatable bonds is 5. The summed E-state index contributed by atoms with van der Waals surface area (Å²) in [5.74, 6) is 0.781. The number of nitrogens with one attached hydrogen (secondary N) is 1. The summed E-state index contributed by atoms with van der Waals surface area (Å²) >= 11 is 0. The predicted molar refractivity (Wildman–Crippen MR) is 48.8 cm³/mol. The van der Waals surface area contributed by atoms with E-state index in [0.29, 0.717) is 19.5 Å². The molecule has 4 heteroatoms. The summed E-state index contributed by atoms with van der Waals surface area (Å²) in [5, 5.41) is 2.73. The van der Waals surface area contributed by atoms with Crippen molar-refractivity contribution < 1.29 is 9.21 Å². The maximum atomic E-state index is 11.1. The van der Waals surface area contributed by atoms with Gasteiger partial charge in [0, 0.05) is 6.42 Å². The highest BCUT2D eigenvalue weighted by molar-refractivity contribution is 5.75. The minimum absolute atomic E-state index is 0.0156. The maximum Gasteiger partial charge on any atom is 0.220 e. The fourth-order valence-corrected chi connectivity index (χ4v) is 0.950. The average Bonchev–Trinajstić information content (AvgIpc) is 2.64. The molecular formula is C9H14N2O2. The fraction of sp³-hybridized carbons (Fsp3) is 0.444. The smallest absolute Gasteiger partial charge is 0.220 e. The Morgan fingerprint density at radius 2 is 2.46 bits per heavy atom. The third-order valence-electron chi connectivity index (χ3n) is 1.65. The molecule has 0 saturated heterocycles. The summed E-state index contributed by atoms with van der Waals surface area (Å²) in [7, 11) is 0.